The zero-order valence-electron chi connectivity index (χ0n) is 14.2. The van der Waals surface area contributed by atoms with E-state index in [1.54, 1.807) is 0 Å². The summed E-state index contributed by atoms with van der Waals surface area (Å²) in [5.74, 6) is 0.911. The van der Waals surface area contributed by atoms with Crippen LogP contribution < -0.4 is 0 Å². The second kappa shape index (κ2) is 6.51. The number of rotatable bonds is 4. The first-order valence-corrected chi connectivity index (χ1v) is 9.54. The predicted octanol–water partition coefficient (Wildman–Crippen LogP) is 2.19. The zero-order valence-corrected chi connectivity index (χ0v) is 15.1. The highest BCUT2D eigenvalue weighted by Gasteiger charge is 2.42. The molecule has 4 rings (SSSR count). The summed E-state index contributed by atoms with van der Waals surface area (Å²) < 4.78 is 6.20. The van der Waals surface area contributed by atoms with Crippen LogP contribution in [0.4, 0.5) is 0 Å². The Labute approximate surface area is 150 Å². The van der Waals surface area contributed by atoms with E-state index in [1.165, 1.54) is 16.2 Å². The monoisotopic (exact) mass is 362 g/mol. The largest absolute Gasteiger partial charge is 0.477 e. The third-order valence-corrected chi connectivity index (χ3v) is 6.33. The molecule has 2 N–H and O–H groups in total. The smallest absolute Gasteiger partial charge is 0.345 e. The van der Waals surface area contributed by atoms with Gasteiger partial charge in [0.1, 0.15) is 16.5 Å². The number of H-pyrrole nitrogens is 1. The van der Waals surface area contributed by atoms with E-state index in [4.69, 9.17) is 4.74 Å². The van der Waals surface area contributed by atoms with Crippen LogP contribution in [0.3, 0.4) is 0 Å². The topological polar surface area (TPSA) is 91.3 Å². The van der Waals surface area contributed by atoms with Crippen LogP contribution >= 0.6 is 11.3 Å². The predicted molar refractivity (Wildman–Crippen MR) is 92.9 cm³/mol. The molecule has 0 radical (unpaired) electrons. The van der Waals surface area contributed by atoms with Gasteiger partial charge in [-0.05, 0) is 24.5 Å². The lowest BCUT2D eigenvalue weighted by Crippen LogP contribution is -2.46. The van der Waals surface area contributed by atoms with Gasteiger partial charge in [-0.3, -0.25) is 10.00 Å². The number of hydrogen-bond acceptors (Lipinski definition) is 6. The van der Waals surface area contributed by atoms with Crippen molar-refractivity contribution in [3.05, 3.63) is 33.0 Å². The summed E-state index contributed by atoms with van der Waals surface area (Å²) in [6.45, 7) is 5.29. The minimum atomic E-state index is -0.843. The number of thiophene rings is 1. The highest BCUT2D eigenvalue weighted by atomic mass is 32.1. The molecule has 2 aromatic heterocycles. The number of carbonyl (C=O) groups is 1. The summed E-state index contributed by atoms with van der Waals surface area (Å²) in [6, 6.07) is 1.83. The number of nitrogens with one attached hydrogen (secondary N) is 1. The van der Waals surface area contributed by atoms with Crippen molar-refractivity contribution in [3.8, 4) is 0 Å². The summed E-state index contributed by atoms with van der Waals surface area (Å²) in [7, 11) is 0. The second-order valence-corrected chi connectivity index (χ2v) is 7.81. The Morgan fingerprint density at radius 3 is 2.96 bits per heavy atom. The highest BCUT2D eigenvalue weighted by Crippen LogP contribution is 2.44. The van der Waals surface area contributed by atoms with Crippen LogP contribution in [0.25, 0.3) is 0 Å². The molecule has 8 heteroatoms. The average molecular weight is 362 g/mol. The summed E-state index contributed by atoms with van der Waals surface area (Å²) in [4.78, 5) is 19.8. The third-order valence-electron chi connectivity index (χ3n) is 5.15. The number of hydrogen-bond donors (Lipinski definition) is 2. The van der Waals surface area contributed by atoms with Crippen LogP contribution in [0.2, 0.25) is 0 Å². The molecule has 2 aromatic rings. The molecule has 25 heavy (non-hydrogen) atoms. The molecule has 1 saturated heterocycles. The normalized spacial score (nSPS) is 19.9. The lowest BCUT2D eigenvalue weighted by molar-refractivity contribution is -0.0983. The number of aromatic nitrogens is 3. The Morgan fingerprint density at radius 2 is 2.28 bits per heavy atom. The van der Waals surface area contributed by atoms with E-state index in [0.717, 1.165) is 62.5 Å². The fourth-order valence-electron chi connectivity index (χ4n) is 3.78. The van der Waals surface area contributed by atoms with E-state index in [9.17, 15) is 9.90 Å². The molecule has 0 saturated carbocycles. The molecule has 1 fully saturated rings. The van der Waals surface area contributed by atoms with Crippen molar-refractivity contribution >= 4 is 17.3 Å². The van der Waals surface area contributed by atoms with E-state index >= 15 is 0 Å². The Kier molecular flexibility index (Phi) is 4.35. The maximum absolute atomic E-state index is 11.3. The highest BCUT2D eigenvalue weighted by molar-refractivity contribution is 7.14. The number of piperidine rings is 1. The van der Waals surface area contributed by atoms with Crippen LogP contribution in [0.15, 0.2) is 6.07 Å². The number of nitrogens with zero attached hydrogens (tertiary/aromatic N) is 3. The zero-order chi connectivity index (χ0) is 17.4. The molecule has 1 spiro atoms. The van der Waals surface area contributed by atoms with Crippen molar-refractivity contribution in [2.24, 2.45) is 0 Å². The van der Waals surface area contributed by atoms with Gasteiger partial charge >= 0.3 is 5.97 Å². The number of aromatic amines is 1. The molecule has 134 valence electrons. The molecule has 4 heterocycles. The van der Waals surface area contributed by atoms with E-state index in [-0.39, 0.29) is 5.60 Å². The van der Waals surface area contributed by atoms with Gasteiger partial charge in [-0.15, -0.1) is 11.3 Å². The number of carboxylic acid groups (broad SMARTS) is 1. The molecule has 7 nitrogen and oxygen atoms in total. The molecule has 0 atom stereocenters. The first kappa shape index (κ1) is 16.7. The molecule has 0 aliphatic carbocycles. The Balaban J connectivity index is 1.47. The molecule has 0 amide bonds. The maximum atomic E-state index is 11.3. The second-order valence-electron chi connectivity index (χ2n) is 6.67. The number of likely N-dealkylation sites (tertiary alicyclic amines) is 1. The number of aryl methyl sites for hydroxylation is 1. The van der Waals surface area contributed by atoms with Gasteiger partial charge in [0.2, 0.25) is 0 Å². The number of fused-ring (bicyclic) bond motifs is 2. The lowest BCUT2D eigenvalue weighted by atomic mass is 9.82. The van der Waals surface area contributed by atoms with Crippen LogP contribution in [-0.4, -0.2) is 50.9 Å². The standard InChI is InChI=1S/C17H22N4O3S/c1-2-14-18-15(20-19-14)10-21-6-4-17(5-7-21)11-9-13(16(22)23)25-12(11)3-8-24-17/h9H,2-8,10H2,1H3,(H,22,23)(H,18,19,20). The molecular formula is C17H22N4O3S. The fourth-order valence-corrected chi connectivity index (χ4v) is 4.85. The average Bonchev–Trinajstić information content (AvgIpc) is 3.24. The number of carboxylic acids is 1. The molecule has 2 aliphatic heterocycles. The van der Waals surface area contributed by atoms with E-state index in [0.29, 0.717) is 11.5 Å². The Hall–Kier alpha value is -1.77. The molecular weight excluding hydrogens is 340 g/mol. The van der Waals surface area contributed by atoms with E-state index in [1.807, 2.05) is 13.0 Å². The van der Waals surface area contributed by atoms with Crippen molar-refractivity contribution in [2.45, 2.75) is 44.8 Å². The summed E-state index contributed by atoms with van der Waals surface area (Å²) in [5, 5.41) is 16.5. The SMILES string of the molecule is CCc1n[nH]c(CN2CCC3(CC2)OCCc2sc(C(=O)O)cc23)n1. The van der Waals surface area contributed by atoms with Gasteiger partial charge in [-0.2, -0.15) is 5.10 Å². The van der Waals surface area contributed by atoms with Gasteiger partial charge in [0, 0.05) is 30.8 Å². The summed E-state index contributed by atoms with van der Waals surface area (Å²) in [5.41, 5.74) is 0.790. The van der Waals surface area contributed by atoms with Gasteiger partial charge in [-0.1, -0.05) is 6.92 Å². The van der Waals surface area contributed by atoms with Crippen molar-refractivity contribution in [1.29, 1.82) is 0 Å². The molecule has 2 aliphatic rings. The van der Waals surface area contributed by atoms with Crippen molar-refractivity contribution in [2.75, 3.05) is 19.7 Å². The van der Waals surface area contributed by atoms with E-state index in [2.05, 4.69) is 20.1 Å². The van der Waals surface area contributed by atoms with Gasteiger partial charge in [0.15, 0.2) is 0 Å². The maximum Gasteiger partial charge on any atom is 0.345 e. The minimum absolute atomic E-state index is 0.315. The van der Waals surface area contributed by atoms with Gasteiger partial charge in [0.05, 0.1) is 18.8 Å². The first-order chi connectivity index (χ1) is 12.1. The van der Waals surface area contributed by atoms with Crippen LogP contribution in [0.1, 0.15) is 51.5 Å². The summed E-state index contributed by atoms with van der Waals surface area (Å²) >= 11 is 1.40. The molecule has 0 unspecified atom stereocenters. The van der Waals surface area contributed by atoms with Gasteiger partial charge in [0.25, 0.3) is 0 Å². The third kappa shape index (κ3) is 3.09. The number of aromatic carboxylic acids is 1. The van der Waals surface area contributed by atoms with Crippen molar-refractivity contribution in [3.63, 3.8) is 0 Å². The Bertz CT molecular complexity index is 777. The summed E-state index contributed by atoms with van der Waals surface area (Å²) in [6.07, 6.45) is 3.41. The lowest BCUT2D eigenvalue weighted by Gasteiger charge is -2.43. The van der Waals surface area contributed by atoms with Crippen LogP contribution in [-0.2, 0) is 29.7 Å². The quantitative estimate of drug-likeness (QED) is 0.866. The van der Waals surface area contributed by atoms with Gasteiger partial charge < -0.3 is 9.84 Å². The first-order valence-electron chi connectivity index (χ1n) is 8.72. The van der Waals surface area contributed by atoms with Crippen LogP contribution in [0.5, 0.6) is 0 Å². The van der Waals surface area contributed by atoms with E-state index < -0.39 is 5.97 Å². The van der Waals surface area contributed by atoms with Crippen molar-refractivity contribution < 1.29 is 14.6 Å². The van der Waals surface area contributed by atoms with Crippen molar-refractivity contribution in [1.82, 2.24) is 20.1 Å². The fraction of sp³-hybridized carbons (Fsp3) is 0.588. The van der Waals surface area contributed by atoms with Crippen LogP contribution in [0, 0.1) is 0 Å². The molecule has 0 bridgehead atoms. The Morgan fingerprint density at radius 1 is 1.48 bits per heavy atom. The molecule has 0 aromatic carbocycles. The minimum Gasteiger partial charge on any atom is -0.477 e. The van der Waals surface area contributed by atoms with Gasteiger partial charge in [-0.25, -0.2) is 9.78 Å². The number of ether oxygens (including phenoxy) is 1.